The summed E-state index contributed by atoms with van der Waals surface area (Å²) in [4.78, 5) is 12.9. The van der Waals surface area contributed by atoms with Crippen molar-refractivity contribution in [3.05, 3.63) is 53.4 Å². The topological polar surface area (TPSA) is 59.3 Å². The zero-order chi connectivity index (χ0) is 22.1. The Hall–Kier alpha value is -3.00. The molecule has 1 saturated heterocycles. The van der Waals surface area contributed by atoms with Crippen LogP contribution in [0.2, 0.25) is 0 Å². The molecule has 1 fully saturated rings. The highest BCUT2D eigenvalue weighted by Gasteiger charge is 2.26. The highest BCUT2D eigenvalue weighted by molar-refractivity contribution is 5.64. The van der Waals surface area contributed by atoms with Crippen molar-refractivity contribution in [2.45, 2.75) is 32.2 Å². The number of nitrogens with zero attached hydrogens (tertiary/aromatic N) is 6. The molecule has 1 aliphatic carbocycles. The van der Waals surface area contributed by atoms with Crippen LogP contribution in [-0.2, 0) is 26.4 Å². The summed E-state index contributed by atoms with van der Waals surface area (Å²) in [6.07, 6.45) is 6.18. The van der Waals surface area contributed by atoms with E-state index in [9.17, 15) is 0 Å². The maximum absolute atomic E-state index is 15.3. The van der Waals surface area contributed by atoms with Gasteiger partial charge in [0.15, 0.2) is 11.6 Å². The van der Waals surface area contributed by atoms with Crippen LogP contribution in [0.4, 0.5) is 10.2 Å². The maximum Gasteiger partial charge on any atom is 0.191 e. The quantitative estimate of drug-likeness (QED) is 0.612. The van der Waals surface area contributed by atoms with Crippen molar-refractivity contribution in [1.82, 2.24) is 24.6 Å². The first-order valence-corrected chi connectivity index (χ1v) is 11.3. The first-order chi connectivity index (χ1) is 15.6. The average molecular weight is 437 g/mol. The van der Waals surface area contributed by atoms with Gasteiger partial charge in [-0.15, -0.1) is 0 Å². The number of hydrogen-bond donors (Lipinski definition) is 0. The Labute approximate surface area is 187 Å². The van der Waals surface area contributed by atoms with E-state index in [1.165, 1.54) is 36.1 Å². The molecular weight excluding hydrogens is 407 g/mol. The van der Waals surface area contributed by atoms with E-state index < -0.39 is 0 Å². The first kappa shape index (κ1) is 20.9. The van der Waals surface area contributed by atoms with E-state index >= 15 is 4.39 Å². The molecule has 0 N–H and O–H groups in total. The van der Waals surface area contributed by atoms with E-state index in [0.29, 0.717) is 17.1 Å². The molecule has 2 aliphatic rings. The number of anilines is 1. The SMILES string of the molecule is COc1ccc(-c2ncnc(N3CCN(Cc4c5c(nn4C)CCCC5)CC3)c2F)cc1. The Bertz CT molecular complexity index is 1090. The number of aromatic nitrogens is 4. The van der Waals surface area contributed by atoms with Gasteiger partial charge in [0.1, 0.15) is 17.8 Å². The summed E-state index contributed by atoms with van der Waals surface area (Å²) in [6.45, 7) is 4.09. The van der Waals surface area contributed by atoms with Crippen molar-refractivity contribution in [2.75, 3.05) is 38.2 Å². The van der Waals surface area contributed by atoms with Gasteiger partial charge < -0.3 is 9.64 Å². The van der Waals surface area contributed by atoms with Gasteiger partial charge in [-0.05, 0) is 55.5 Å². The lowest BCUT2D eigenvalue weighted by Gasteiger charge is -2.35. The van der Waals surface area contributed by atoms with Crippen molar-refractivity contribution >= 4 is 5.82 Å². The molecule has 5 rings (SSSR count). The third kappa shape index (κ3) is 3.95. The minimum absolute atomic E-state index is 0.321. The van der Waals surface area contributed by atoms with E-state index in [2.05, 4.69) is 26.6 Å². The van der Waals surface area contributed by atoms with Crippen LogP contribution in [0.1, 0.15) is 29.8 Å². The Morgan fingerprint density at radius 2 is 1.75 bits per heavy atom. The molecule has 3 heterocycles. The number of fused-ring (bicyclic) bond motifs is 1. The van der Waals surface area contributed by atoms with Crippen LogP contribution >= 0.6 is 0 Å². The number of aryl methyl sites for hydroxylation is 2. The van der Waals surface area contributed by atoms with Crippen LogP contribution in [-0.4, -0.2) is 57.9 Å². The van der Waals surface area contributed by atoms with Crippen LogP contribution < -0.4 is 9.64 Å². The minimum Gasteiger partial charge on any atom is -0.497 e. The molecule has 168 valence electrons. The van der Waals surface area contributed by atoms with Crippen molar-refractivity contribution < 1.29 is 9.13 Å². The van der Waals surface area contributed by atoms with Crippen LogP contribution in [0, 0.1) is 5.82 Å². The van der Waals surface area contributed by atoms with Crippen molar-refractivity contribution in [1.29, 1.82) is 0 Å². The Balaban J connectivity index is 1.28. The average Bonchev–Trinajstić information content (AvgIpc) is 3.15. The molecule has 32 heavy (non-hydrogen) atoms. The number of ether oxygens (including phenoxy) is 1. The van der Waals surface area contributed by atoms with Gasteiger partial charge in [0.25, 0.3) is 0 Å². The molecule has 8 heteroatoms. The third-order valence-electron chi connectivity index (χ3n) is 6.63. The molecule has 3 aromatic rings. The Morgan fingerprint density at radius 3 is 2.50 bits per heavy atom. The predicted molar refractivity (Wildman–Crippen MR) is 121 cm³/mol. The fourth-order valence-electron chi connectivity index (χ4n) is 4.81. The van der Waals surface area contributed by atoms with Crippen molar-refractivity contribution in [2.24, 2.45) is 7.05 Å². The zero-order valence-electron chi connectivity index (χ0n) is 18.7. The van der Waals surface area contributed by atoms with Gasteiger partial charge in [0.2, 0.25) is 0 Å². The van der Waals surface area contributed by atoms with Crippen molar-refractivity contribution in [3.63, 3.8) is 0 Å². The van der Waals surface area contributed by atoms with Gasteiger partial charge >= 0.3 is 0 Å². The fourth-order valence-corrected chi connectivity index (χ4v) is 4.81. The monoisotopic (exact) mass is 436 g/mol. The standard InChI is InChI=1S/C24H29FN6O/c1-29-21(19-5-3-4-6-20(19)28-29)15-30-11-13-31(14-12-30)24-22(25)23(26-16-27-24)17-7-9-18(32-2)10-8-17/h7-10,16H,3-6,11-15H2,1-2H3. The summed E-state index contributed by atoms with van der Waals surface area (Å²) in [5.41, 5.74) is 5.10. The highest BCUT2D eigenvalue weighted by atomic mass is 19.1. The Kier molecular flexibility index (Phi) is 5.78. The van der Waals surface area contributed by atoms with Crippen molar-refractivity contribution in [3.8, 4) is 17.0 Å². The summed E-state index contributed by atoms with van der Waals surface area (Å²) < 4.78 is 22.6. The van der Waals surface area contributed by atoms with Gasteiger partial charge in [-0.2, -0.15) is 5.10 Å². The maximum atomic E-state index is 15.3. The van der Waals surface area contributed by atoms with Crippen LogP contribution in [0.15, 0.2) is 30.6 Å². The zero-order valence-corrected chi connectivity index (χ0v) is 18.7. The molecule has 0 saturated carbocycles. The summed E-state index contributed by atoms with van der Waals surface area (Å²) >= 11 is 0. The van der Waals surface area contributed by atoms with E-state index in [0.717, 1.165) is 51.3 Å². The highest BCUT2D eigenvalue weighted by Crippen LogP contribution is 2.29. The lowest BCUT2D eigenvalue weighted by Crippen LogP contribution is -2.47. The number of piperazine rings is 1. The lowest BCUT2D eigenvalue weighted by molar-refractivity contribution is 0.241. The smallest absolute Gasteiger partial charge is 0.191 e. The molecule has 0 radical (unpaired) electrons. The van der Waals surface area contributed by atoms with Gasteiger partial charge in [0.05, 0.1) is 18.5 Å². The number of halogens is 1. The van der Waals surface area contributed by atoms with Gasteiger partial charge in [-0.1, -0.05) is 0 Å². The second-order valence-electron chi connectivity index (χ2n) is 8.55. The largest absolute Gasteiger partial charge is 0.497 e. The number of benzene rings is 1. The summed E-state index contributed by atoms with van der Waals surface area (Å²) in [7, 11) is 3.67. The molecule has 7 nitrogen and oxygen atoms in total. The predicted octanol–water partition coefficient (Wildman–Crippen LogP) is 3.23. The molecular formula is C24H29FN6O. The van der Waals surface area contributed by atoms with E-state index in [1.807, 2.05) is 29.2 Å². The molecule has 0 atom stereocenters. The van der Waals surface area contributed by atoms with Gasteiger partial charge in [-0.3, -0.25) is 9.58 Å². The van der Waals surface area contributed by atoms with Gasteiger partial charge in [0, 0.05) is 45.3 Å². The van der Waals surface area contributed by atoms with Crippen LogP contribution in [0.5, 0.6) is 5.75 Å². The summed E-state index contributed by atoms with van der Waals surface area (Å²) in [5.74, 6) is 0.740. The second-order valence-corrected chi connectivity index (χ2v) is 8.55. The van der Waals surface area contributed by atoms with E-state index in [1.54, 1.807) is 7.11 Å². The molecule has 1 aliphatic heterocycles. The molecule has 0 amide bonds. The van der Waals surface area contributed by atoms with E-state index in [4.69, 9.17) is 9.84 Å². The second kappa shape index (κ2) is 8.86. The Morgan fingerprint density at radius 1 is 1.00 bits per heavy atom. The summed E-state index contributed by atoms with van der Waals surface area (Å²) in [6, 6.07) is 7.26. The molecule has 0 bridgehead atoms. The number of rotatable bonds is 5. The minimum atomic E-state index is -0.369. The first-order valence-electron chi connectivity index (χ1n) is 11.3. The molecule has 1 aromatic carbocycles. The number of methoxy groups -OCH3 is 1. The van der Waals surface area contributed by atoms with E-state index in [-0.39, 0.29) is 5.82 Å². The van der Waals surface area contributed by atoms with Crippen LogP contribution in [0.25, 0.3) is 11.3 Å². The lowest BCUT2D eigenvalue weighted by atomic mass is 9.95. The molecule has 2 aromatic heterocycles. The molecule has 0 unspecified atom stereocenters. The number of hydrogen-bond acceptors (Lipinski definition) is 6. The summed E-state index contributed by atoms with van der Waals surface area (Å²) in [5, 5.41) is 4.75. The third-order valence-corrected chi connectivity index (χ3v) is 6.63. The molecule has 0 spiro atoms. The normalized spacial score (nSPS) is 16.8. The fraction of sp³-hybridized carbons (Fsp3) is 0.458. The van der Waals surface area contributed by atoms with Gasteiger partial charge in [-0.25, -0.2) is 14.4 Å². The van der Waals surface area contributed by atoms with Crippen LogP contribution in [0.3, 0.4) is 0 Å².